The fourth-order valence-corrected chi connectivity index (χ4v) is 5.42. The number of aryl methyl sites for hydroxylation is 1. The maximum Gasteiger partial charge on any atom is 0.304 e. The van der Waals surface area contributed by atoms with E-state index in [4.69, 9.17) is 11.6 Å². The van der Waals surface area contributed by atoms with E-state index in [0.29, 0.717) is 16.3 Å². The summed E-state index contributed by atoms with van der Waals surface area (Å²) in [4.78, 5) is 12.6. The largest absolute Gasteiger partial charge is 0.325 e. The Bertz CT molecular complexity index is 1460. The van der Waals surface area contributed by atoms with E-state index in [-0.39, 0.29) is 16.3 Å². The van der Waals surface area contributed by atoms with Crippen LogP contribution in [0.2, 0.25) is 5.02 Å². The lowest BCUT2D eigenvalue weighted by atomic mass is 10.2. The van der Waals surface area contributed by atoms with Crippen LogP contribution in [0.5, 0.6) is 0 Å². The first kappa shape index (κ1) is 27.4. The molecule has 36 heavy (non-hydrogen) atoms. The highest BCUT2D eigenvalue weighted by molar-refractivity contribution is 7.92. The van der Waals surface area contributed by atoms with Gasteiger partial charge in [0, 0.05) is 24.8 Å². The van der Waals surface area contributed by atoms with Gasteiger partial charge in [-0.25, -0.2) is 17.1 Å². The van der Waals surface area contributed by atoms with Gasteiger partial charge < -0.3 is 5.32 Å². The molecule has 0 fully saturated rings. The predicted molar refractivity (Wildman–Crippen MR) is 138 cm³/mol. The van der Waals surface area contributed by atoms with Crippen LogP contribution >= 0.6 is 11.6 Å². The molecule has 0 spiro atoms. The summed E-state index contributed by atoms with van der Waals surface area (Å²) in [6, 6.07) is 14.8. The summed E-state index contributed by atoms with van der Waals surface area (Å²) in [6.07, 6.45) is 0. The number of anilines is 3. The van der Waals surface area contributed by atoms with Crippen molar-refractivity contribution in [1.29, 1.82) is 0 Å². The molecule has 0 atom stereocenters. The highest BCUT2D eigenvalue weighted by Crippen LogP contribution is 2.24. The van der Waals surface area contributed by atoms with Crippen molar-refractivity contribution in [2.75, 3.05) is 35.0 Å². The Morgan fingerprint density at radius 1 is 0.944 bits per heavy atom. The van der Waals surface area contributed by atoms with E-state index < -0.39 is 38.5 Å². The quantitative estimate of drug-likeness (QED) is 0.417. The molecule has 3 rings (SSSR count). The molecule has 0 aliphatic carbocycles. The standard InChI is InChI=1S/C23H24ClFN4O5S2/c1-16-4-5-17(24)14-22(16)27-35(31,32)21-12-8-19(9-13-21)26-23(30)15-29(36(33,34)28(2)3)20-10-6-18(25)7-11-20/h4-14,27H,15H2,1-3H3,(H,26,30). The first-order chi connectivity index (χ1) is 16.8. The van der Waals surface area contributed by atoms with Crippen LogP contribution in [0, 0.1) is 12.7 Å². The van der Waals surface area contributed by atoms with Crippen LogP contribution in [-0.4, -0.2) is 47.7 Å². The predicted octanol–water partition coefficient (Wildman–Crippen LogP) is 3.84. The highest BCUT2D eigenvalue weighted by Gasteiger charge is 2.27. The summed E-state index contributed by atoms with van der Waals surface area (Å²) >= 11 is 5.95. The topological polar surface area (TPSA) is 116 Å². The maximum absolute atomic E-state index is 13.3. The summed E-state index contributed by atoms with van der Waals surface area (Å²) in [7, 11) is -5.38. The van der Waals surface area contributed by atoms with E-state index >= 15 is 0 Å². The Balaban J connectivity index is 1.76. The minimum atomic E-state index is -4.07. The third-order valence-electron chi connectivity index (χ3n) is 5.03. The Labute approximate surface area is 214 Å². The monoisotopic (exact) mass is 554 g/mol. The van der Waals surface area contributed by atoms with Gasteiger partial charge in [-0.05, 0) is 73.2 Å². The number of benzene rings is 3. The Kier molecular flexibility index (Phi) is 8.24. The van der Waals surface area contributed by atoms with Crippen LogP contribution in [0.15, 0.2) is 71.6 Å². The zero-order chi connectivity index (χ0) is 26.7. The van der Waals surface area contributed by atoms with E-state index in [1.54, 1.807) is 19.1 Å². The number of nitrogens with zero attached hydrogens (tertiary/aromatic N) is 2. The second-order valence-electron chi connectivity index (χ2n) is 7.91. The zero-order valence-corrected chi connectivity index (χ0v) is 22.0. The van der Waals surface area contributed by atoms with Crippen LogP contribution in [0.3, 0.4) is 0 Å². The van der Waals surface area contributed by atoms with Gasteiger partial charge in [-0.2, -0.15) is 12.7 Å². The molecule has 0 aromatic heterocycles. The molecule has 2 N–H and O–H groups in total. The second-order valence-corrected chi connectivity index (χ2v) is 12.1. The minimum absolute atomic E-state index is 0.0528. The van der Waals surface area contributed by atoms with Gasteiger partial charge in [0.05, 0.1) is 16.3 Å². The molecule has 9 nitrogen and oxygen atoms in total. The fraction of sp³-hybridized carbons (Fsp3) is 0.174. The molecule has 0 saturated heterocycles. The summed E-state index contributed by atoms with van der Waals surface area (Å²) in [5, 5.41) is 2.92. The van der Waals surface area contributed by atoms with Crippen molar-refractivity contribution in [3.63, 3.8) is 0 Å². The number of rotatable bonds is 9. The molecule has 0 bridgehead atoms. The average molecular weight is 555 g/mol. The van der Waals surface area contributed by atoms with Gasteiger partial charge in [0.15, 0.2) is 0 Å². The second kappa shape index (κ2) is 10.8. The van der Waals surface area contributed by atoms with Gasteiger partial charge in [0.2, 0.25) is 5.91 Å². The molecule has 13 heteroatoms. The average Bonchev–Trinajstić information content (AvgIpc) is 2.80. The van der Waals surface area contributed by atoms with Gasteiger partial charge in [-0.1, -0.05) is 17.7 Å². The van der Waals surface area contributed by atoms with Crippen molar-refractivity contribution in [2.24, 2.45) is 0 Å². The molecule has 0 heterocycles. The van der Waals surface area contributed by atoms with Gasteiger partial charge in [-0.15, -0.1) is 0 Å². The molecule has 0 unspecified atom stereocenters. The van der Waals surface area contributed by atoms with Gasteiger partial charge in [0.1, 0.15) is 12.4 Å². The molecule has 3 aromatic rings. The van der Waals surface area contributed by atoms with Crippen molar-refractivity contribution in [1.82, 2.24) is 4.31 Å². The molecule has 0 radical (unpaired) electrons. The number of halogens is 2. The summed E-state index contributed by atoms with van der Waals surface area (Å²) in [6.45, 7) is 1.14. The van der Waals surface area contributed by atoms with Gasteiger partial charge >= 0.3 is 10.2 Å². The van der Waals surface area contributed by atoms with Crippen LogP contribution in [-0.2, 0) is 25.0 Å². The lowest BCUT2D eigenvalue weighted by Gasteiger charge is -2.26. The number of carbonyl (C=O) groups excluding carboxylic acids is 1. The normalized spacial score (nSPS) is 11.8. The third kappa shape index (κ3) is 6.52. The SMILES string of the molecule is Cc1ccc(Cl)cc1NS(=O)(=O)c1ccc(NC(=O)CN(c2ccc(F)cc2)S(=O)(=O)N(C)C)cc1. The van der Waals surface area contributed by atoms with Crippen molar-refractivity contribution in [2.45, 2.75) is 11.8 Å². The van der Waals surface area contributed by atoms with Crippen molar-refractivity contribution < 1.29 is 26.0 Å². The molecule has 0 aliphatic heterocycles. The first-order valence-corrected chi connectivity index (χ1v) is 13.7. The van der Waals surface area contributed by atoms with Crippen LogP contribution in [0.25, 0.3) is 0 Å². The smallest absolute Gasteiger partial charge is 0.304 e. The number of nitrogens with one attached hydrogen (secondary N) is 2. The van der Waals surface area contributed by atoms with Crippen molar-refractivity contribution in [3.05, 3.63) is 83.1 Å². The lowest BCUT2D eigenvalue weighted by Crippen LogP contribution is -2.44. The third-order valence-corrected chi connectivity index (χ3v) is 8.47. The Morgan fingerprint density at radius 2 is 1.56 bits per heavy atom. The molecule has 192 valence electrons. The molecule has 1 amide bonds. The molecule has 0 aliphatic rings. The van der Waals surface area contributed by atoms with E-state index in [2.05, 4.69) is 10.0 Å². The Hall–Kier alpha value is -3.19. The summed E-state index contributed by atoms with van der Waals surface area (Å²) < 4.78 is 68.6. The Morgan fingerprint density at radius 3 is 2.14 bits per heavy atom. The molecular weight excluding hydrogens is 531 g/mol. The molecule has 0 saturated carbocycles. The van der Waals surface area contributed by atoms with Crippen molar-refractivity contribution >= 4 is 54.8 Å². The van der Waals surface area contributed by atoms with Gasteiger partial charge in [-0.3, -0.25) is 9.52 Å². The molecule has 3 aromatic carbocycles. The summed E-state index contributed by atoms with van der Waals surface area (Å²) in [5.41, 5.74) is 1.37. The number of hydrogen-bond acceptors (Lipinski definition) is 5. The van der Waals surface area contributed by atoms with Crippen LogP contribution in [0.4, 0.5) is 21.5 Å². The number of amides is 1. The van der Waals surface area contributed by atoms with E-state index in [0.717, 1.165) is 20.7 Å². The van der Waals surface area contributed by atoms with E-state index in [1.165, 1.54) is 56.6 Å². The molecular formula is C23H24ClFN4O5S2. The van der Waals surface area contributed by atoms with Crippen LogP contribution < -0.4 is 14.3 Å². The fourth-order valence-electron chi connectivity index (χ4n) is 3.07. The lowest BCUT2D eigenvalue weighted by molar-refractivity contribution is -0.114. The summed E-state index contributed by atoms with van der Waals surface area (Å²) in [5.74, 6) is -1.24. The highest BCUT2D eigenvalue weighted by atomic mass is 35.5. The van der Waals surface area contributed by atoms with Crippen molar-refractivity contribution in [3.8, 4) is 0 Å². The number of carbonyl (C=O) groups is 1. The number of hydrogen-bond donors (Lipinski definition) is 2. The van der Waals surface area contributed by atoms with Crippen LogP contribution in [0.1, 0.15) is 5.56 Å². The minimum Gasteiger partial charge on any atom is -0.325 e. The zero-order valence-electron chi connectivity index (χ0n) is 19.6. The van der Waals surface area contributed by atoms with Gasteiger partial charge in [0.25, 0.3) is 10.0 Å². The number of sulfonamides is 1. The van der Waals surface area contributed by atoms with E-state index in [9.17, 15) is 26.0 Å². The van der Waals surface area contributed by atoms with E-state index in [1.807, 2.05) is 0 Å². The maximum atomic E-state index is 13.3. The first-order valence-electron chi connectivity index (χ1n) is 10.4.